The summed E-state index contributed by atoms with van der Waals surface area (Å²) in [7, 11) is 0. The molecule has 0 saturated heterocycles. The van der Waals surface area contributed by atoms with Crippen molar-refractivity contribution in [2.45, 2.75) is 111 Å². The average molecular weight is 447 g/mol. The number of rotatable bonds is 6. The zero-order valence-corrected chi connectivity index (χ0v) is 21.4. The molecule has 4 fully saturated rings. The van der Waals surface area contributed by atoms with Crippen LogP contribution >= 0.6 is 0 Å². The van der Waals surface area contributed by atoms with Gasteiger partial charge >= 0.3 is 0 Å². The molecule has 4 saturated carbocycles. The van der Waals surface area contributed by atoms with Gasteiger partial charge in [0, 0.05) is 0 Å². The van der Waals surface area contributed by atoms with Gasteiger partial charge in [0.1, 0.15) is 5.84 Å². The van der Waals surface area contributed by atoms with Crippen molar-refractivity contribution >= 4 is 5.84 Å². The quantitative estimate of drug-likeness (QED) is 0.224. The van der Waals surface area contributed by atoms with Crippen LogP contribution in [-0.2, 0) is 0 Å². The second-order valence-corrected chi connectivity index (χ2v) is 12.9. The lowest BCUT2D eigenvalue weighted by molar-refractivity contribution is -0.154. The van der Waals surface area contributed by atoms with Crippen molar-refractivity contribution in [2.75, 3.05) is 6.54 Å². The molecule has 0 aliphatic heterocycles. The molecule has 184 valence electrons. The lowest BCUT2D eigenvalue weighted by atomic mass is 9.43. The van der Waals surface area contributed by atoms with Gasteiger partial charge in [0.25, 0.3) is 0 Å². The molecule has 0 aromatic rings. The zero-order valence-electron chi connectivity index (χ0n) is 21.4. The first kappa shape index (κ1) is 24.3. The minimum absolute atomic E-state index is 0.388. The van der Waals surface area contributed by atoms with E-state index in [1.165, 1.54) is 44.9 Å². The molecular weight excluding hydrogens is 396 g/mol. The van der Waals surface area contributed by atoms with Crippen LogP contribution in [0, 0.1) is 46.3 Å². The highest BCUT2D eigenvalue weighted by Gasteiger charge is 2.61. The largest absolute Gasteiger partial charge is 0.390 e. The normalized spacial score (nSPS) is 47.3. The van der Waals surface area contributed by atoms with E-state index in [9.17, 15) is 5.11 Å². The third-order valence-corrected chi connectivity index (χ3v) is 11.1. The minimum atomic E-state index is -0.388. The van der Waals surface area contributed by atoms with E-state index in [1.54, 1.807) is 12.0 Å². The maximum absolute atomic E-state index is 11.2. The molecule has 5 N–H and O–H groups in total. The number of fused-ring (bicyclic) bond motifs is 5. The molecule has 9 atom stereocenters. The summed E-state index contributed by atoms with van der Waals surface area (Å²) in [6, 6.07) is 0. The summed E-state index contributed by atoms with van der Waals surface area (Å²) in [6.07, 6.45) is 13.6. The van der Waals surface area contributed by atoms with E-state index >= 15 is 0 Å². The predicted octanol–water partition coefficient (Wildman–Crippen LogP) is 5.28. The first-order valence-electron chi connectivity index (χ1n) is 13.6. The van der Waals surface area contributed by atoms with Crippen LogP contribution in [0.4, 0.5) is 0 Å². The number of hydrogen-bond acceptors (Lipinski definition) is 4. The topological polar surface area (TPSA) is 87.9 Å². The molecule has 5 heteroatoms. The summed E-state index contributed by atoms with van der Waals surface area (Å²) in [5.74, 6) is 11.2. The van der Waals surface area contributed by atoms with Crippen molar-refractivity contribution in [1.82, 2.24) is 5.12 Å². The fourth-order valence-electron chi connectivity index (χ4n) is 9.66. The Balaban J connectivity index is 1.48. The van der Waals surface area contributed by atoms with Crippen molar-refractivity contribution in [1.29, 1.82) is 0 Å². The Morgan fingerprint density at radius 2 is 1.78 bits per heavy atom. The molecule has 5 nitrogen and oxygen atoms in total. The highest BCUT2D eigenvalue weighted by atomic mass is 16.3. The van der Waals surface area contributed by atoms with Gasteiger partial charge in [-0.15, -0.1) is 5.10 Å². The monoisotopic (exact) mass is 446 g/mol. The fourth-order valence-corrected chi connectivity index (χ4v) is 9.66. The van der Waals surface area contributed by atoms with Crippen LogP contribution in [0.15, 0.2) is 5.10 Å². The molecule has 0 aromatic carbocycles. The second kappa shape index (κ2) is 8.76. The maximum Gasteiger partial charge on any atom is 0.118 e. The molecule has 0 bridgehead atoms. The Morgan fingerprint density at radius 3 is 2.47 bits per heavy atom. The van der Waals surface area contributed by atoms with Gasteiger partial charge in [-0.25, -0.2) is 11.0 Å². The Hall–Kier alpha value is -0.810. The third-order valence-electron chi connectivity index (χ3n) is 11.1. The van der Waals surface area contributed by atoms with Crippen LogP contribution in [0.1, 0.15) is 105 Å². The summed E-state index contributed by atoms with van der Waals surface area (Å²) < 4.78 is 0. The van der Waals surface area contributed by atoms with E-state index in [0.29, 0.717) is 22.6 Å². The van der Waals surface area contributed by atoms with Crippen LogP contribution in [-0.4, -0.2) is 28.2 Å². The van der Waals surface area contributed by atoms with Gasteiger partial charge in [0.05, 0.1) is 12.1 Å². The van der Waals surface area contributed by atoms with Crippen LogP contribution in [0.2, 0.25) is 0 Å². The summed E-state index contributed by atoms with van der Waals surface area (Å²) >= 11 is 0. The van der Waals surface area contributed by atoms with Crippen LogP contribution in [0.3, 0.4) is 0 Å². The van der Waals surface area contributed by atoms with Crippen LogP contribution < -0.4 is 11.6 Å². The summed E-state index contributed by atoms with van der Waals surface area (Å²) in [4.78, 5) is 0. The van der Waals surface area contributed by atoms with Gasteiger partial charge in [0.2, 0.25) is 0 Å². The molecule has 32 heavy (non-hydrogen) atoms. The molecule has 0 spiro atoms. The molecule has 4 aliphatic carbocycles. The Kier molecular flexibility index (Phi) is 6.66. The van der Waals surface area contributed by atoms with Gasteiger partial charge in [-0.1, -0.05) is 34.1 Å². The SMILES string of the molecule is CCC[C@@]1(O)CC[C@@]2(C)[C@H](CC[C@@H]3[C@@H]2CC[C@]2(C)[C@@H](C(C)CN(N)/N=C(/C)N)CC[C@@H]32)C1. The Morgan fingerprint density at radius 1 is 1.06 bits per heavy atom. The molecule has 0 radical (unpaired) electrons. The highest BCUT2D eigenvalue weighted by molar-refractivity contribution is 5.77. The zero-order chi connectivity index (χ0) is 23.3. The maximum atomic E-state index is 11.2. The molecule has 0 amide bonds. The van der Waals surface area contributed by atoms with Gasteiger partial charge in [-0.3, -0.25) is 0 Å². The van der Waals surface area contributed by atoms with Crippen LogP contribution in [0.5, 0.6) is 0 Å². The third kappa shape index (κ3) is 4.10. The second-order valence-electron chi connectivity index (χ2n) is 12.9. The van der Waals surface area contributed by atoms with E-state index in [0.717, 1.165) is 61.8 Å². The molecule has 1 unspecified atom stereocenters. The van der Waals surface area contributed by atoms with Crippen molar-refractivity contribution in [3.63, 3.8) is 0 Å². The van der Waals surface area contributed by atoms with Crippen molar-refractivity contribution in [3.05, 3.63) is 0 Å². The number of hydrazine groups is 1. The van der Waals surface area contributed by atoms with Crippen molar-refractivity contribution < 1.29 is 5.11 Å². The first-order valence-corrected chi connectivity index (χ1v) is 13.6. The van der Waals surface area contributed by atoms with Gasteiger partial charge in [-0.05, 0) is 117 Å². The van der Waals surface area contributed by atoms with E-state index < -0.39 is 0 Å². The number of amidine groups is 1. The number of nitrogens with two attached hydrogens (primary N) is 2. The van der Waals surface area contributed by atoms with E-state index in [1.807, 2.05) is 0 Å². The molecule has 4 rings (SSSR count). The van der Waals surface area contributed by atoms with Crippen LogP contribution in [0.25, 0.3) is 0 Å². The van der Waals surface area contributed by atoms with Gasteiger partial charge in [-0.2, -0.15) is 0 Å². The van der Waals surface area contributed by atoms with Crippen molar-refractivity contribution in [2.24, 2.45) is 63.0 Å². The van der Waals surface area contributed by atoms with E-state index in [-0.39, 0.29) is 5.60 Å². The summed E-state index contributed by atoms with van der Waals surface area (Å²) in [5, 5.41) is 17.0. The molecule has 0 aromatic heterocycles. The highest BCUT2D eigenvalue weighted by Crippen LogP contribution is 2.68. The number of nitrogens with zero attached hydrogens (tertiary/aromatic N) is 2. The van der Waals surface area contributed by atoms with Gasteiger partial charge in [0.15, 0.2) is 0 Å². The van der Waals surface area contributed by atoms with E-state index in [4.69, 9.17) is 11.6 Å². The van der Waals surface area contributed by atoms with E-state index in [2.05, 4.69) is 32.8 Å². The Bertz CT molecular complexity index is 708. The molecule has 0 heterocycles. The number of aliphatic hydroxyl groups is 1. The predicted molar refractivity (Wildman–Crippen MR) is 132 cm³/mol. The average Bonchev–Trinajstić information content (AvgIpc) is 3.05. The minimum Gasteiger partial charge on any atom is -0.390 e. The number of hydrazone groups is 1. The molecule has 4 aliphatic rings. The standard InChI is InChI=1S/C27H50N4O/c1-6-12-27(32)15-14-25(4)20(16-27)7-8-21-23-10-9-22(26(23,5)13-11-24(21)25)18(2)17-31(29)30-19(3)28/h18,20-24,32H,6-17,29H2,1-5H3,(H2,28,30)/t18?,20-,21+,22-,23+,24+,25+,26-,27-/m1/s1. The Labute approximate surface area is 196 Å². The summed E-state index contributed by atoms with van der Waals surface area (Å²) in [5.41, 5.74) is 6.23. The fraction of sp³-hybridized carbons (Fsp3) is 0.963. The summed E-state index contributed by atoms with van der Waals surface area (Å²) in [6.45, 7) is 12.4. The lowest BCUT2D eigenvalue weighted by Crippen LogP contribution is -2.56. The number of hydrogen-bond donors (Lipinski definition) is 3. The smallest absolute Gasteiger partial charge is 0.118 e. The molecular formula is C27H50N4O. The van der Waals surface area contributed by atoms with Crippen molar-refractivity contribution in [3.8, 4) is 0 Å². The first-order chi connectivity index (χ1) is 15.0. The lowest BCUT2D eigenvalue weighted by Gasteiger charge is -2.62. The van der Waals surface area contributed by atoms with Gasteiger partial charge < -0.3 is 10.8 Å².